The summed E-state index contributed by atoms with van der Waals surface area (Å²) in [5.41, 5.74) is 0.484. The average molecular weight is 224 g/mol. The SMILES string of the molecule is O=C(O)CCCNC(=O)Nc1cncnc1. The third kappa shape index (κ3) is 4.89. The molecule has 0 unspecified atom stereocenters. The van der Waals surface area contributed by atoms with Gasteiger partial charge in [-0.15, -0.1) is 0 Å². The van der Waals surface area contributed by atoms with Crippen LogP contribution in [-0.2, 0) is 4.79 Å². The first-order chi connectivity index (χ1) is 7.68. The smallest absolute Gasteiger partial charge is 0.319 e. The van der Waals surface area contributed by atoms with Crippen LogP contribution in [0.3, 0.4) is 0 Å². The van der Waals surface area contributed by atoms with Crippen molar-refractivity contribution in [2.75, 3.05) is 11.9 Å². The molecule has 0 bridgehead atoms. The normalized spacial score (nSPS) is 9.50. The lowest BCUT2D eigenvalue weighted by Gasteiger charge is -2.05. The Bertz CT molecular complexity index is 355. The summed E-state index contributed by atoms with van der Waals surface area (Å²) in [6, 6.07) is -0.403. The van der Waals surface area contributed by atoms with E-state index in [4.69, 9.17) is 5.11 Å². The monoisotopic (exact) mass is 224 g/mol. The summed E-state index contributed by atoms with van der Waals surface area (Å²) in [4.78, 5) is 28.9. The molecule has 0 aliphatic carbocycles. The Morgan fingerprint density at radius 3 is 2.62 bits per heavy atom. The number of hydrogen-bond donors (Lipinski definition) is 3. The van der Waals surface area contributed by atoms with Crippen molar-refractivity contribution in [3.63, 3.8) is 0 Å². The third-order valence-electron chi connectivity index (χ3n) is 1.67. The van der Waals surface area contributed by atoms with E-state index in [1.165, 1.54) is 18.7 Å². The second-order valence-corrected chi connectivity index (χ2v) is 3.01. The van der Waals surface area contributed by atoms with Crippen LogP contribution in [0.1, 0.15) is 12.8 Å². The standard InChI is InChI=1S/C9H12N4O3/c14-8(15)2-1-3-12-9(16)13-7-4-10-6-11-5-7/h4-6H,1-3H2,(H,14,15)(H2,12,13,16). The van der Waals surface area contributed by atoms with E-state index in [1.807, 2.05) is 0 Å². The Morgan fingerprint density at radius 2 is 2.00 bits per heavy atom. The fraction of sp³-hybridized carbons (Fsp3) is 0.333. The van der Waals surface area contributed by atoms with E-state index in [2.05, 4.69) is 20.6 Å². The van der Waals surface area contributed by atoms with Gasteiger partial charge in [-0.05, 0) is 6.42 Å². The van der Waals surface area contributed by atoms with Gasteiger partial charge < -0.3 is 15.7 Å². The predicted octanol–water partition coefficient (Wildman–Crippen LogP) is 0.463. The maximum Gasteiger partial charge on any atom is 0.319 e. The van der Waals surface area contributed by atoms with E-state index < -0.39 is 12.0 Å². The molecule has 7 nitrogen and oxygen atoms in total. The molecule has 2 amide bonds. The number of nitrogens with one attached hydrogen (secondary N) is 2. The molecule has 1 rings (SSSR count). The first kappa shape index (κ1) is 11.9. The van der Waals surface area contributed by atoms with Crippen molar-refractivity contribution in [1.29, 1.82) is 0 Å². The number of carboxylic acids is 1. The van der Waals surface area contributed by atoms with E-state index in [-0.39, 0.29) is 6.42 Å². The van der Waals surface area contributed by atoms with Crippen molar-refractivity contribution in [1.82, 2.24) is 15.3 Å². The van der Waals surface area contributed by atoms with Crippen LogP contribution < -0.4 is 10.6 Å². The molecular formula is C9H12N4O3. The van der Waals surface area contributed by atoms with E-state index in [0.29, 0.717) is 18.7 Å². The second kappa shape index (κ2) is 6.33. The van der Waals surface area contributed by atoms with Crippen LogP contribution >= 0.6 is 0 Å². The topological polar surface area (TPSA) is 104 Å². The van der Waals surface area contributed by atoms with Gasteiger partial charge in [0.15, 0.2) is 0 Å². The van der Waals surface area contributed by atoms with Crippen molar-refractivity contribution in [3.05, 3.63) is 18.7 Å². The maximum absolute atomic E-state index is 11.2. The van der Waals surface area contributed by atoms with Crippen LogP contribution in [-0.4, -0.2) is 33.6 Å². The van der Waals surface area contributed by atoms with Gasteiger partial charge in [0.05, 0.1) is 18.1 Å². The van der Waals surface area contributed by atoms with E-state index in [0.717, 1.165) is 0 Å². The average Bonchev–Trinajstić information content (AvgIpc) is 2.25. The highest BCUT2D eigenvalue weighted by atomic mass is 16.4. The molecule has 0 aromatic carbocycles. The molecule has 0 spiro atoms. The number of hydrogen-bond acceptors (Lipinski definition) is 4. The van der Waals surface area contributed by atoms with Crippen molar-refractivity contribution in [2.24, 2.45) is 0 Å². The highest BCUT2D eigenvalue weighted by Gasteiger charge is 2.01. The summed E-state index contributed by atoms with van der Waals surface area (Å²) in [5, 5.41) is 13.4. The minimum atomic E-state index is -0.876. The third-order valence-corrected chi connectivity index (χ3v) is 1.67. The highest BCUT2D eigenvalue weighted by Crippen LogP contribution is 1.99. The number of urea groups is 1. The Hall–Kier alpha value is -2.18. The van der Waals surface area contributed by atoms with Gasteiger partial charge in [-0.2, -0.15) is 0 Å². The van der Waals surface area contributed by atoms with Crippen molar-refractivity contribution >= 4 is 17.7 Å². The number of carboxylic acid groups (broad SMARTS) is 1. The Kier molecular flexibility index (Phi) is 4.71. The minimum Gasteiger partial charge on any atom is -0.481 e. The molecular weight excluding hydrogens is 212 g/mol. The first-order valence-electron chi connectivity index (χ1n) is 4.70. The maximum atomic E-state index is 11.2. The number of carbonyl (C=O) groups is 2. The molecule has 1 heterocycles. The zero-order chi connectivity index (χ0) is 11.8. The van der Waals surface area contributed by atoms with Crippen LogP contribution in [0, 0.1) is 0 Å². The summed E-state index contributed by atoms with van der Waals surface area (Å²) in [6.45, 7) is 0.311. The number of aliphatic carboxylic acids is 1. The van der Waals surface area contributed by atoms with Crippen LogP contribution in [0.4, 0.5) is 10.5 Å². The highest BCUT2D eigenvalue weighted by molar-refractivity contribution is 5.88. The first-order valence-corrected chi connectivity index (χ1v) is 4.70. The lowest BCUT2D eigenvalue weighted by Crippen LogP contribution is -2.29. The van der Waals surface area contributed by atoms with Crippen LogP contribution in [0.25, 0.3) is 0 Å². The Morgan fingerprint density at radius 1 is 1.31 bits per heavy atom. The fourth-order valence-corrected chi connectivity index (χ4v) is 0.980. The van der Waals surface area contributed by atoms with Crippen LogP contribution in [0.15, 0.2) is 18.7 Å². The fourth-order valence-electron chi connectivity index (χ4n) is 0.980. The molecule has 0 saturated carbocycles. The van der Waals surface area contributed by atoms with Crippen molar-refractivity contribution < 1.29 is 14.7 Å². The van der Waals surface area contributed by atoms with Gasteiger partial charge in [-0.25, -0.2) is 14.8 Å². The molecule has 86 valence electrons. The van der Waals surface area contributed by atoms with Crippen LogP contribution in [0.5, 0.6) is 0 Å². The molecule has 7 heteroatoms. The molecule has 0 saturated heterocycles. The summed E-state index contributed by atoms with van der Waals surface area (Å²) >= 11 is 0. The predicted molar refractivity (Wildman–Crippen MR) is 55.9 cm³/mol. The van der Waals surface area contributed by atoms with Gasteiger partial charge in [-0.3, -0.25) is 4.79 Å². The summed E-state index contributed by atoms with van der Waals surface area (Å²) in [7, 11) is 0. The summed E-state index contributed by atoms with van der Waals surface area (Å²) < 4.78 is 0. The second-order valence-electron chi connectivity index (χ2n) is 3.01. The van der Waals surface area contributed by atoms with Gasteiger partial charge in [0.1, 0.15) is 6.33 Å². The van der Waals surface area contributed by atoms with Crippen LogP contribution in [0.2, 0.25) is 0 Å². The number of amides is 2. The molecule has 1 aromatic rings. The Labute approximate surface area is 91.9 Å². The molecule has 0 fully saturated rings. The minimum absolute atomic E-state index is 0.0364. The molecule has 0 atom stereocenters. The van der Waals surface area contributed by atoms with Gasteiger partial charge in [0.25, 0.3) is 0 Å². The van der Waals surface area contributed by atoms with Crippen molar-refractivity contribution in [3.8, 4) is 0 Å². The molecule has 0 radical (unpaired) electrons. The lowest BCUT2D eigenvalue weighted by molar-refractivity contribution is -0.137. The molecule has 3 N–H and O–H groups in total. The number of rotatable bonds is 5. The zero-order valence-electron chi connectivity index (χ0n) is 8.51. The number of anilines is 1. The lowest BCUT2D eigenvalue weighted by atomic mass is 10.3. The van der Waals surface area contributed by atoms with Gasteiger partial charge in [0, 0.05) is 13.0 Å². The van der Waals surface area contributed by atoms with Crippen molar-refractivity contribution in [2.45, 2.75) is 12.8 Å². The molecule has 0 aliphatic rings. The van der Waals surface area contributed by atoms with Gasteiger partial charge in [-0.1, -0.05) is 0 Å². The van der Waals surface area contributed by atoms with Gasteiger partial charge in [0.2, 0.25) is 0 Å². The Balaban J connectivity index is 2.19. The summed E-state index contributed by atoms with van der Waals surface area (Å²) in [6.07, 6.45) is 4.71. The molecule has 0 aliphatic heterocycles. The number of nitrogens with zero attached hydrogens (tertiary/aromatic N) is 2. The quantitative estimate of drug-likeness (QED) is 0.630. The zero-order valence-corrected chi connectivity index (χ0v) is 8.51. The van der Waals surface area contributed by atoms with E-state index in [1.54, 1.807) is 0 Å². The van der Waals surface area contributed by atoms with E-state index in [9.17, 15) is 9.59 Å². The largest absolute Gasteiger partial charge is 0.481 e. The number of carbonyl (C=O) groups excluding carboxylic acids is 1. The number of aromatic nitrogens is 2. The van der Waals surface area contributed by atoms with Gasteiger partial charge >= 0.3 is 12.0 Å². The van der Waals surface area contributed by atoms with E-state index >= 15 is 0 Å². The molecule has 16 heavy (non-hydrogen) atoms. The molecule has 1 aromatic heterocycles. The summed E-state index contributed by atoms with van der Waals surface area (Å²) in [5.74, 6) is -0.876.